The molecule has 0 amide bonds. The number of rotatable bonds is 1. The van der Waals surface area contributed by atoms with E-state index < -0.39 is 0 Å². The van der Waals surface area contributed by atoms with Crippen molar-refractivity contribution in [3.63, 3.8) is 0 Å². The summed E-state index contributed by atoms with van der Waals surface area (Å²) in [5, 5.41) is 7.18. The second-order valence-corrected chi connectivity index (χ2v) is 7.42. The van der Waals surface area contributed by atoms with Crippen molar-refractivity contribution in [2.45, 2.75) is 6.92 Å². The van der Waals surface area contributed by atoms with Gasteiger partial charge in [-0.3, -0.25) is 4.57 Å². The highest BCUT2D eigenvalue weighted by atomic mass is 32.1. The molecule has 0 aliphatic carbocycles. The van der Waals surface area contributed by atoms with Gasteiger partial charge in [-0.1, -0.05) is 36.4 Å². The molecule has 0 fully saturated rings. The Morgan fingerprint density at radius 3 is 2.23 bits per heavy atom. The summed E-state index contributed by atoms with van der Waals surface area (Å²) in [4.78, 5) is 4.62. The number of hydrogen-bond donors (Lipinski definition) is 0. The molecule has 0 aliphatic heterocycles. The number of thiophene rings is 1. The van der Waals surface area contributed by atoms with Crippen LogP contribution in [0, 0.1) is 6.92 Å². The van der Waals surface area contributed by atoms with Gasteiger partial charge in [0, 0.05) is 16.2 Å². The Bertz CT molecular complexity index is 1090. The Hall–Kier alpha value is -2.17. The van der Waals surface area contributed by atoms with Crippen LogP contribution in [0.15, 0.2) is 53.9 Å². The minimum Gasteiger partial charge on any atom is -0.299 e. The van der Waals surface area contributed by atoms with Crippen molar-refractivity contribution in [3.8, 4) is 5.00 Å². The van der Waals surface area contributed by atoms with Gasteiger partial charge in [-0.25, -0.2) is 4.98 Å². The number of benzene rings is 2. The van der Waals surface area contributed by atoms with Gasteiger partial charge in [-0.2, -0.15) is 0 Å². The number of aryl methyl sites for hydroxylation is 1. The smallest absolute Gasteiger partial charge is 0.120 e. The van der Waals surface area contributed by atoms with E-state index in [4.69, 9.17) is 0 Å². The molecule has 0 saturated heterocycles. The number of nitrogens with zero attached hydrogens (tertiary/aromatic N) is 2. The van der Waals surface area contributed by atoms with Gasteiger partial charge in [-0.05, 0) is 19.1 Å². The minimum atomic E-state index is 1.12. The first-order valence-corrected chi connectivity index (χ1v) is 8.86. The third-order valence-electron chi connectivity index (χ3n) is 4.02. The van der Waals surface area contributed by atoms with Crippen molar-refractivity contribution in [2.24, 2.45) is 0 Å². The van der Waals surface area contributed by atoms with Crippen molar-refractivity contribution < 1.29 is 0 Å². The van der Waals surface area contributed by atoms with Crippen LogP contribution in [0.25, 0.3) is 37.0 Å². The van der Waals surface area contributed by atoms with E-state index in [-0.39, 0.29) is 0 Å². The lowest BCUT2D eigenvalue weighted by Gasteiger charge is -2.04. The maximum atomic E-state index is 4.62. The first-order valence-electron chi connectivity index (χ1n) is 7.16. The largest absolute Gasteiger partial charge is 0.299 e. The van der Waals surface area contributed by atoms with Gasteiger partial charge < -0.3 is 0 Å². The number of thiazole rings is 1. The Morgan fingerprint density at radius 1 is 0.909 bits per heavy atom. The lowest BCUT2D eigenvalue weighted by atomic mass is 10.2. The molecule has 2 nitrogen and oxygen atoms in total. The third-order valence-corrected chi connectivity index (χ3v) is 6.09. The van der Waals surface area contributed by atoms with E-state index in [1.165, 1.54) is 31.5 Å². The van der Waals surface area contributed by atoms with E-state index in [2.05, 4.69) is 70.4 Å². The van der Waals surface area contributed by atoms with E-state index in [0.717, 1.165) is 10.5 Å². The molecule has 3 aromatic heterocycles. The molecule has 4 heteroatoms. The van der Waals surface area contributed by atoms with Crippen molar-refractivity contribution >= 4 is 54.7 Å². The first kappa shape index (κ1) is 12.4. The SMILES string of the molecule is Cc1nc2csc(-n3c4ccccc4c4ccccc43)c2s1. The summed E-state index contributed by atoms with van der Waals surface area (Å²) in [6.45, 7) is 2.07. The number of aromatic nitrogens is 2. The molecular weight excluding hydrogens is 308 g/mol. The normalized spacial score (nSPS) is 11.9. The fourth-order valence-electron chi connectivity index (χ4n) is 3.14. The first-order chi connectivity index (χ1) is 10.8. The van der Waals surface area contributed by atoms with Gasteiger partial charge in [0.1, 0.15) is 5.00 Å². The summed E-state index contributed by atoms with van der Waals surface area (Å²) in [5.41, 5.74) is 3.64. The average molecular weight is 320 g/mol. The molecule has 0 atom stereocenters. The number of hydrogen-bond acceptors (Lipinski definition) is 3. The van der Waals surface area contributed by atoms with Crippen LogP contribution in [0.4, 0.5) is 0 Å². The van der Waals surface area contributed by atoms with E-state index in [1.807, 2.05) is 0 Å². The van der Waals surface area contributed by atoms with E-state index >= 15 is 0 Å². The summed E-state index contributed by atoms with van der Waals surface area (Å²) < 4.78 is 3.67. The predicted molar refractivity (Wildman–Crippen MR) is 96.6 cm³/mol. The zero-order valence-electron chi connectivity index (χ0n) is 11.9. The molecule has 0 radical (unpaired) electrons. The third kappa shape index (κ3) is 1.56. The van der Waals surface area contributed by atoms with Crippen LogP contribution in [-0.4, -0.2) is 9.55 Å². The summed E-state index contributed by atoms with van der Waals surface area (Å²) in [6, 6.07) is 17.3. The van der Waals surface area contributed by atoms with Crippen LogP contribution in [-0.2, 0) is 0 Å². The molecule has 0 saturated carbocycles. The molecule has 5 rings (SSSR count). The van der Waals surface area contributed by atoms with E-state index in [9.17, 15) is 0 Å². The van der Waals surface area contributed by atoms with Crippen LogP contribution >= 0.6 is 22.7 Å². The van der Waals surface area contributed by atoms with Gasteiger partial charge in [-0.15, -0.1) is 22.7 Å². The van der Waals surface area contributed by atoms with Gasteiger partial charge >= 0.3 is 0 Å². The fraction of sp³-hybridized carbons (Fsp3) is 0.0556. The second-order valence-electron chi connectivity index (χ2n) is 5.36. The summed E-state index contributed by atoms with van der Waals surface area (Å²) >= 11 is 3.56. The van der Waals surface area contributed by atoms with Crippen molar-refractivity contribution in [3.05, 3.63) is 58.9 Å². The van der Waals surface area contributed by atoms with Gasteiger partial charge in [0.25, 0.3) is 0 Å². The maximum Gasteiger partial charge on any atom is 0.120 e. The second kappa shape index (κ2) is 4.41. The molecule has 3 heterocycles. The van der Waals surface area contributed by atoms with Crippen molar-refractivity contribution in [1.82, 2.24) is 9.55 Å². The summed E-state index contributed by atoms with van der Waals surface area (Å²) in [6.07, 6.45) is 0. The highest BCUT2D eigenvalue weighted by molar-refractivity contribution is 7.24. The maximum absolute atomic E-state index is 4.62. The van der Waals surface area contributed by atoms with Gasteiger partial charge in [0.05, 0.1) is 26.3 Å². The molecule has 0 aliphatic rings. The average Bonchev–Trinajstić information content (AvgIpc) is 3.18. The van der Waals surface area contributed by atoms with Crippen molar-refractivity contribution in [2.75, 3.05) is 0 Å². The minimum absolute atomic E-state index is 1.12. The summed E-state index contributed by atoms with van der Waals surface area (Å²) in [7, 11) is 0. The summed E-state index contributed by atoms with van der Waals surface area (Å²) in [5.74, 6) is 0. The Kier molecular flexibility index (Phi) is 2.48. The predicted octanol–water partition coefficient (Wildman–Crippen LogP) is 5.76. The molecule has 106 valence electrons. The highest BCUT2D eigenvalue weighted by Gasteiger charge is 2.16. The number of para-hydroxylation sites is 2. The lowest BCUT2D eigenvalue weighted by molar-refractivity contribution is 1.24. The molecule has 0 N–H and O–H groups in total. The number of fused-ring (bicyclic) bond motifs is 4. The molecule has 22 heavy (non-hydrogen) atoms. The van der Waals surface area contributed by atoms with E-state index in [1.54, 1.807) is 22.7 Å². The Morgan fingerprint density at radius 2 is 1.55 bits per heavy atom. The van der Waals surface area contributed by atoms with Gasteiger partial charge in [0.15, 0.2) is 0 Å². The van der Waals surface area contributed by atoms with Crippen molar-refractivity contribution in [1.29, 1.82) is 0 Å². The van der Waals surface area contributed by atoms with Crippen LogP contribution in [0.3, 0.4) is 0 Å². The standard InChI is InChI=1S/C18H12N2S2/c1-11-19-14-10-21-18(17(14)22-11)20-15-8-4-2-6-12(15)13-7-3-5-9-16(13)20/h2-10H,1H3. The van der Waals surface area contributed by atoms with Crippen LogP contribution in [0.5, 0.6) is 0 Å². The highest BCUT2D eigenvalue weighted by Crippen LogP contribution is 2.39. The Balaban J connectivity index is 2.01. The van der Waals surface area contributed by atoms with Crippen LogP contribution in [0.2, 0.25) is 0 Å². The molecule has 0 bridgehead atoms. The van der Waals surface area contributed by atoms with Crippen LogP contribution in [0.1, 0.15) is 5.01 Å². The zero-order chi connectivity index (χ0) is 14.7. The quantitative estimate of drug-likeness (QED) is 0.384. The lowest BCUT2D eigenvalue weighted by Crippen LogP contribution is -1.89. The molecule has 2 aromatic carbocycles. The Labute approximate surface area is 135 Å². The molecule has 0 spiro atoms. The monoisotopic (exact) mass is 320 g/mol. The molecule has 5 aromatic rings. The fourth-order valence-corrected chi connectivity index (χ4v) is 5.22. The topological polar surface area (TPSA) is 17.8 Å². The van der Waals surface area contributed by atoms with E-state index in [0.29, 0.717) is 0 Å². The van der Waals surface area contributed by atoms with Crippen LogP contribution < -0.4 is 0 Å². The molecule has 0 unspecified atom stereocenters. The van der Waals surface area contributed by atoms with Gasteiger partial charge in [0.2, 0.25) is 0 Å². The zero-order valence-corrected chi connectivity index (χ0v) is 13.5. The molecular formula is C18H12N2S2.